The molecule has 76 valence electrons. The van der Waals surface area contributed by atoms with Crippen molar-refractivity contribution in [2.24, 2.45) is 5.73 Å². The average Bonchev–Trinajstić information content (AvgIpc) is 3.01. The first-order valence-electron chi connectivity index (χ1n) is 4.64. The predicted molar refractivity (Wildman–Crippen MR) is 49.7 cm³/mol. The Hall–Kier alpha value is -1.20. The molecule has 0 bridgehead atoms. The molecule has 1 aromatic rings. The first kappa shape index (κ1) is 9.36. The van der Waals surface area contributed by atoms with Gasteiger partial charge in [0, 0.05) is 5.92 Å². The quantitative estimate of drug-likeness (QED) is 0.633. The summed E-state index contributed by atoms with van der Waals surface area (Å²) in [6.45, 7) is -0.228. The fourth-order valence-corrected chi connectivity index (χ4v) is 1.30. The first-order valence-corrected chi connectivity index (χ1v) is 4.64. The fraction of sp³-hybridized carbons (Fsp3) is 0.556. The molecule has 1 aliphatic carbocycles. The van der Waals surface area contributed by atoms with Gasteiger partial charge >= 0.3 is 0 Å². The van der Waals surface area contributed by atoms with Crippen LogP contribution in [0.25, 0.3) is 0 Å². The maximum absolute atomic E-state index is 9.42. The third-order valence-corrected chi connectivity index (χ3v) is 2.31. The van der Waals surface area contributed by atoms with Crippen molar-refractivity contribution in [1.82, 2.24) is 9.97 Å². The third kappa shape index (κ3) is 1.69. The largest absolute Gasteiger partial charge is 0.504 e. The van der Waals surface area contributed by atoms with Crippen molar-refractivity contribution in [3.05, 3.63) is 17.7 Å². The van der Waals surface area contributed by atoms with Gasteiger partial charge in [0.15, 0.2) is 5.75 Å². The lowest BCUT2D eigenvalue weighted by Gasteiger charge is -2.10. The normalized spacial score (nSPS) is 18.1. The van der Waals surface area contributed by atoms with Crippen molar-refractivity contribution >= 4 is 0 Å². The summed E-state index contributed by atoms with van der Waals surface area (Å²) in [7, 11) is 0. The van der Waals surface area contributed by atoms with Crippen LogP contribution in [0.3, 0.4) is 0 Å². The van der Waals surface area contributed by atoms with Crippen LogP contribution in [0.4, 0.5) is 0 Å². The minimum Gasteiger partial charge on any atom is -0.504 e. The van der Waals surface area contributed by atoms with Crippen molar-refractivity contribution in [3.63, 3.8) is 0 Å². The van der Waals surface area contributed by atoms with Crippen LogP contribution in [-0.2, 0) is 0 Å². The molecular formula is C9H13N3O2. The summed E-state index contributed by atoms with van der Waals surface area (Å²) in [4.78, 5) is 8.18. The SMILES string of the molecule is NC(CO)c1nc(C2CC2)ncc1O. The Morgan fingerprint density at radius 3 is 2.86 bits per heavy atom. The van der Waals surface area contributed by atoms with Gasteiger partial charge in [-0.2, -0.15) is 0 Å². The summed E-state index contributed by atoms with van der Waals surface area (Å²) >= 11 is 0. The lowest BCUT2D eigenvalue weighted by Crippen LogP contribution is -2.17. The highest BCUT2D eigenvalue weighted by Gasteiger charge is 2.27. The molecule has 1 heterocycles. The van der Waals surface area contributed by atoms with Gasteiger partial charge in [0.05, 0.1) is 18.8 Å². The van der Waals surface area contributed by atoms with E-state index in [9.17, 15) is 5.11 Å². The van der Waals surface area contributed by atoms with Crippen molar-refractivity contribution < 1.29 is 10.2 Å². The van der Waals surface area contributed by atoms with Crippen LogP contribution in [0.5, 0.6) is 5.75 Å². The predicted octanol–water partition coefficient (Wildman–Crippen LogP) is 0.0517. The summed E-state index contributed by atoms with van der Waals surface area (Å²) in [5.41, 5.74) is 5.92. The smallest absolute Gasteiger partial charge is 0.157 e. The zero-order chi connectivity index (χ0) is 10.1. The number of aromatic nitrogens is 2. The molecule has 0 spiro atoms. The molecule has 14 heavy (non-hydrogen) atoms. The number of hydrogen-bond acceptors (Lipinski definition) is 5. The molecule has 1 saturated carbocycles. The van der Waals surface area contributed by atoms with Crippen LogP contribution in [0.2, 0.25) is 0 Å². The standard InChI is InChI=1S/C9H13N3O2/c10-6(4-13)8-7(14)3-11-9(12-8)5-1-2-5/h3,5-6,13-14H,1-2,4,10H2. The Balaban J connectivity index is 2.31. The lowest BCUT2D eigenvalue weighted by atomic mass is 10.2. The molecule has 0 radical (unpaired) electrons. The monoisotopic (exact) mass is 195 g/mol. The molecule has 5 heteroatoms. The van der Waals surface area contributed by atoms with E-state index in [0.717, 1.165) is 18.7 Å². The number of rotatable bonds is 3. The molecule has 5 nitrogen and oxygen atoms in total. The van der Waals surface area contributed by atoms with Crippen LogP contribution in [0.1, 0.15) is 36.3 Å². The van der Waals surface area contributed by atoms with Crippen LogP contribution in [0, 0.1) is 0 Å². The molecule has 1 aliphatic rings. The van der Waals surface area contributed by atoms with E-state index in [-0.39, 0.29) is 12.4 Å². The highest BCUT2D eigenvalue weighted by molar-refractivity contribution is 5.27. The molecule has 1 unspecified atom stereocenters. The van der Waals surface area contributed by atoms with E-state index in [1.54, 1.807) is 0 Å². The molecule has 1 fully saturated rings. The van der Waals surface area contributed by atoms with Crippen LogP contribution >= 0.6 is 0 Å². The fourth-order valence-electron chi connectivity index (χ4n) is 1.30. The van der Waals surface area contributed by atoms with E-state index < -0.39 is 6.04 Å². The first-order chi connectivity index (χ1) is 6.72. The number of nitrogens with zero attached hydrogens (tertiary/aromatic N) is 2. The van der Waals surface area contributed by atoms with E-state index in [2.05, 4.69) is 9.97 Å². The van der Waals surface area contributed by atoms with Crippen molar-refractivity contribution in [1.29, 1.82) is 0 Å². The average molecular weight is 195 g/mol. The molecule has 0 aromatic carbocycles. The van der Waals surface area contributed by atoms with E-state index in [4.69, 9.17) is 10.8 Å². The Bertz CT molecular complexity index is 339. The van der Waals surface area contributed by atoms with Gasteiger partial charge in [-0.25, -0.2) is 9.97 Å². The van der Waals surface area contributed by atoms with Crippen molar-refractivity contribution in [2.45, 2.75) is 24.8 Å². The second-order valence-corrected chi connectivity index (χ2v) is 3.56. The lowest BCUT2D eigenvalue weighted by molar-refractivity contribution is 0.262. The summed E-state index contributed by atoms with van der Waals surface area (Å²) in [6.07, 6.45) is 3.54. The van der Waals surface area contributed by atoms with Gasteiger partial charge < -0.3 is 15.9 Å². The van der Waals surface area contributed by atoms with E-state index in [1.807, 2.05) is 0 Å². The van der Waals surface area contributed by atoms with Crippen molar-refractivity contribution in [2.75, 3.05) is 6.61 Å². The Morgan fingerprint density at radius 1 is 1.57 bits per heavy atom. The summed E-state index contributed by atoms with van der Waals surface area (Å²) < 4.78 is 0. The molecule has 0 amide bonds. The van der Waals surface area contributed by atoms with Gasteiger partial charge in [-0.05, 0) is 12.8 Å². The highest BCUT2D eigenvalue weighted by atomic mass is 16.3. The van der Waals surface area contributed by atoms with Crippen LogP contribution < -0.4 is 5.73 Å². The number of aliphatic hydroxyl groups excluding tert-OH is 1. The summed E-state index contributed by atoms with van der Waals surface area (Å²) in [5, 5.41) is 18.3. The number of hydrogen-bond donors (Lipinski definition) is 3. The number of aliphatic hydroxyl groups is 1. The third-order valence-electron chi connectivity index (χ3n) is 2.31. The van der Waals surface area contributed by atoms with Gasteiger partial charge in [-0.3, -0.25) is 0 Å². The Kier molecular flexibility index (Phi) is 2.35. The molecule has 1 atom stereocenters. The summed E-state index contributed by atoms with van der Waals surface area (Å²) in [6, 6.07) is -0.629. The Morgan fingerprint density at radius 2 is 2.29 bits per heavy atom. The van der Waals surface area contributed by atoms with E-state index in [1.165, 1.54) is 6.20 Å². The Labute approximate surface area is 81.6 Å². The maximum Gasteiger partial charge on any atom is 0.157 e. The molecular weight excluding hydrogens is 182 g/mol. The van der Waals surface area contributed by atoms with Crippen LogP contribution in [0.15, 0.2) is 6.20 Å². The minimum absolute atomic E-state index is 0.0454. The molecule has 2 rings (SSSR count). The summed E-state index contributed by atoms with van der Waals surface area (Å²) in [5.74, 6) is 1.10. The van der Waals surface area contributed by atoms with Crippen LogP contribution in [-0.4, -0.2) is 26.8 Å². The van der Waals surface area contributed by atoms with Gasteiger partial charge in [0.1, 0.15) is 11.5 Å². The van der Waals surface area contributed by atoms with Crippen molar-refractivity contribution in [3.8, 4) is 5.75 Å². The zero-order valence-corrected chi connectivity index (χ0v) is 7.72. The topological polar surface area (TPSA) is 92.3 Å². The minimum atomic E-state index is -0.629. The second-order valence-electron chi connectivity index (χ2n) is 3.56. The molecule has 0 aliphatic heterocycles. The van der Waals surface area contributed by atoms with Gasteiger partial charge in [0.2, 0.25) is 0 Å². The highest BCUT2D eigenvalue weighted by Crippen LogP contribution is 2.38. The van der Waals surface area contributed by atoms with E-state index in [0.29, 0.717) is 11.6 Å². The maximum atomic E-state index is 9.42. The van der Waals surface area contributed by atoms with Gasteiger partial charge in [-0.15, -0.1) is 0 Å². The van der Waals surface area contributed by atoms with Gasteiger partial charge in [-0.1, -0.05) is 0 Å². The zero-order valence-electron chi connectivity index (χ0n) is 7.72. The number of aromatic hydroxyl groups is 1. The number of nitrogens with two attached hydrogens (primary N) is 1. The second kappa shape index (κ2) is 3.51. The molecule has 4 N–H and O–H groups in total. The molecule has 0 saturated heterocycles. The molecule has 1 aromatic heterocycles. The van der Waals surface area contributed by atoms with E-state index >= 15 is 0 Å². The van der Waals surface area contributed by atoms with Gasteiger partial charge in [0.25, 0.3) is 0 Å².